The Morgan fingerprint density at radius 3 is 2.79 bits per heavy atom. The van der Waals surface area contributed by atoms with Crippen molar-refractivity contribution in [2.75, 3.05) is 0 Å². The zero-order valence-corrected chi connectivity index (χ0v) is 13.9. The molecule has 0 saturated carbocycles. The van der Waals surface area contributed by atoms with Crippen molar-refractivity contribution in [3.63, 3.8) is 0 Å². The number of oxazole rings is 1. The van der Waals surface area contributed by atoms with E-state index >= 15 is 0 Å². The third-order valence-electron chi connectivity index (χ3n) is 3.67. The van der Waals surface area contributed by atoms with Crippen molar-refractivity contribution in [2.24, 2.45) is 0 Å². The van der Waals surface area contributed by atoms with Gasteiger partial charge in [-0.25, -0.2) is 4.98 Å². The second kappa shape index (κ2) is 6.74. The summed E-state index contributed by atoms with van der Waals surface area (Å²) >= 11 is 0. The molecule has 0 saturated heterocycles. The number of fused-ring (bicyclic) bond motifs is 1. The summed E-state index contributed by atoms with van der Waals surface area (Å²) in [4.78, 5) is 16.5. The minimum absolute atomic E-state index is 0.110. The van der Waals surface area contributed by atoms with Crippen molar-refractivity contribution in [1.82, 2.24) is 10.3 Å². The molecule has 1 unspecified atom stereocenters. The molecule has 3 rings (SSSR count). The van der Waals surface area contributed by atoms with Crippen LogP contribution in [0.15, 0.2) is 53.3 Å². The number of carbonyl (C=O) groups excluding carboxylic acids is 1. The maximum absolute atomic E-state index is 12.5. The van der Waals surface area contributed by atoms with Crippen LogP contribution in [0, 0.1) is 0 Å². The summed E-state index contributed by atoms with van der Waals surface area (Å²) in [6.45, 7) is 5.91. The molecule has 24 heavy (non-hydrogen) atoms. The monoisotopic (exact) mass is 324 g/mol. The van der Waals surface area contributed by atoms with Crippen LogP contribution in [0.25, 0.3) is 11.1 Å². The van der Waals surface area contributed by atoms with E-state index in [0.29, 0.717) is 11.1 Å². The number of nitrogens with one attached hydrogen (secondary N) is 1. The highest BCUT2D eigenvalue weighted by atomic mass is 16.5. The lowest BCUT2D eigenvalue weighted by atomic mass is 10.1. The summed E-state index contributed by atoms with van der Waals surface area (Å²) in [6.07, 6.45) is 1.48. The first kappa shape index (κ1) is 16.1. The van der Waals surface area contributed by atoms with E-state index in [9.17, 15) is 4.79 Å². The molecule has 0 aliphatic heterocycles. The Kier molecular flexibility index (Phi) is 4.51. The van der Waals surface area contributed by atoms with E-state index in [1.54, 1.807) is 18.2 Å². The fraction of sp³-hybridized carbons (Fsp3) is 0.263. The van der Waals surface area contributed by atoms with E-state index in [4.69, 9.17) is 9.15 Å². The Labute approximate surface area is 140 Å². The Balaban J connectivity index is 1.73. The maximum atomic E-state index is 12.5. The minimum atomic E-state index is -0.156. The molecule has 0 radical (unpaired) electrons. The van der Waals surface area contributed by atoms with Crippen LogP contribution < -0.4 is 10.1 Å². The molecule has 2 aromatic carbocycles. The van der Waals surface area contributed by atoms with E-state index < -0.39 is 0 Å². The first-order valence-corrected chi connectivity index (χ1v) is 7.93. The van der Waals surface area contributed by atoms with Crippen molar-refractivity contribution in [2.45, 2.75) is 32.9 Å². The number of benzene rings is 2. The molecular formula is C19H20N2O3. The zero-order valence-electron chi connectivity index (χ0n) is 13.9. The lowest BCUT2D eigenvalue weighted by Gasteiger charge is -2.16. The van der Waals surface area contributed by atoms with Crippen molar-refractivity contribution < 1.29 is 13.9 Å². The third-order valence-corrected chi connectivity index (χ3v) is 3.67. The Bertz CT molecular complexity index is 854. The van der Waals surface area contributed by atoms with E-state index in [-0.39, 0.29) is 18.1 Å². The number of rotatable bonds is 5. The normalized spacial score (nSPS) is 12.3. The summed E-state index contributed by atoms with van der Waals surface area (Å²) in [5, 5.41) is 2.99. The predicted octanol–water partition coefficient (Wildman–Crippen LogP) is 4.11. The van der Waals surface area contributed by atoms with Crippen molar-refractivity contribution >= 4 is 17.0 Å². The van der Waals surface area contributed by atoms with E-state index in [1.165, 1.54) is 6.39 Å². The largest absolute Gasteiger partial charge is 0.491 e. The van der Waals surface area contributed by atoms with Crippen LogP contribution in [0.1, 0.15) is 42.7 Å². The minimum Gasteiger partial charge on any atom is -0.491 e. The van der Waals surface area contributed by atoms with Gasteiger partial charge in [0.1, 0.15) is 11.3 Å². The van der Waals surface area contributed by atoms with Crippen LogP contribution in [-0.2, 0) is 0 Å². The van der Waals surface area contributed by atoms with Crippen LogP contribution in [0.5, 0.6) is 5.75 Å². The summed E-state index contributed by atoms with van der Waals surface area (Å²) in [5.41, 5.74) is 2.86. The van der Waals surface area contributed by atoms with Crippen LogP contribution in [0.4, 0.5) is 0 Å². The third kappa shape index (κ3) is 3.56. The highest BCUT2D eigenvalue weighted by Gasteiger charge is 2.13. The smallest absolute Gasteiger partial charge is 0.251 e. The van der Waals surface area contributed by atoms with Gasteiger partial charge < -0.3 is 14.5 Å². The van der Waals surface area contributed by atoms with Gasteiger partial charge in [-0.1, -0.05) is 12.1 Å². The van der Waals surface area contributed by atoms with E-state index in [2.05, 4.69) is 10.3 Å². The van der Waals surface area contributed by atoms with Gasteiger partial charge >= 0.3 is 0 Å². The molecule has 1 amide bonds. The average molecular weight is 324 g/mol. The van der Waals surface area contributed by atoms with Crippen molar-refractivity contribution in [3.8, 4) is 5.75 Å². The first-order chi connectivity index (χ1) is 11.5. The second-order valence-electron chi connectivity index (χ2n) is 5.97. The van der Waals surface area contributed by atoms with Crippen molar-refractivity contribution in [1.29, 1.82) is 0 Å². The van der Waals surface area contributed by atoms with Crippen LogP contribution in [0.2, 0.25) is 0 Å². The van der Waals surface area contributed by atoms with Gasteiger partial charge in [-0.3, -0.25) is 4.79 Å². The number of hydrogen-bond donors (Lipinski definition) is 1. The number of nitrogens with zero attached hydrogens (tertiary/aromatic N) is 1. The van der Waals surface area contributed by atoms with Gasteiger partial charge in [0.25, 0.3) is 5.91 Å². The number of carbonyl (C=O) groups is 1. The molecule has 1 heterocycles. The summed E-state index contributed by atoms with van der Waals surface area (Å²) in [7, 11) is 0. The van der Waals surface area contributed by atoms with Gasteiger partial charge in [0, 0.05) is 5.56 Å². The Morgan fingerprint density at radius 2 is 2.00 bits per heavy atom. The van der Waals surface area contributed by atoms with E-state index in [0.717, 1.165) is 16.8 Å². The molecule has 3 aromatic rings. The molecule has 1 N–H and O–H groups in total. The number of hydrogen-bond acceptors (Lipinski definition) is 4. The maximum Gasteiger partial charge on any atom is 0.251 e. The molecule has 1 aromatic heterocycles. The van der Waals surface area contributed by atoms with Gasteiger partial charge in [-0.2, -0.15) is 0 Å². The van der Waals surface area contributed by atoms with Crippen LogP contribution >= 0.6 is 0 Å². The highest BCUT2D eigenvalue weighted by molar-refractivity contribution is 5.97. The molecule has 1 atom stereocenters. The Morgan fingerprint density at radius 1 is 1.17 bits per heavy atom. The molecular weight excluding hydrogens is 304 g/mol. The van der Waals surface area contributed by atoms with Gasteiger partial charge in [-0.05, 0) is 56.7 Å². The SMILES string of the molecule is CC(C)Oc1cccc(C(C)NC(=O)c2ccc3ncoc3c2)c1. The number of amides is 1. The first-order valence-electron chi connectivity index (χ1n) is 7.93. The van der Waals surface area contributed by atoms with Gasteiger partial charge in [-0.15, -0.1) is 0 Å². The Hall–Kier alpha value is -2.82. The molecule has 0 aliphatic rings. The lowest BCUT2D eigenvalue weighted by Crippen LogP contribution is -2.26. The molecule has 0 fully saturated rings. The number of ether oxygens (including phenoxy) is 1. The van der Waals surface area contributed by atoms with Gasteiger partial charge in [0.05, 0.1) is 12.1 Å². The summed E-state index contributed by atoms with van der Waals surface area (Å²) in [5.74, 6) is 0.641. The quantitative estimate of drug-likeness (QED) is 0.767. The molecule has 124 valence electrons. The predicted molar refractivity (Wildman–Crippen MR) is 92.1 cm³/mol. The summed E-state index contributed by atoms with van der Waals surface area (Å²) in [6, 6.07) is 12.8. The number of aromatic nitrogens is 1. The van der Waals surface area contributed by atoms with Crippen LogP contribution in [0.3, 0.4) is 0 Å². The van der Waals surface area contributed by atoms with Crippen LogP contribution in [-0.4, -0.2) is 17.0 Å². The topological polar surface area (TPSA) is 64.4 Å². The lowest BCUT2D eigenvalue weighted by molar-refractivity contribution is 0.0939. The van der Waals surface area contributed by atoms with Gasteiger partial charge in [0.15, 0.2) is 12.0 Å². The standard InChI is InChI=1S/C19H20N2O3/c1-12(2)24-16-6-4-5-14(9-16)13(3)21-19(22)15-7-8-17-18(10-15)23-11-20-17/h4-13H,1-3H3,(H,21,22). The van der Waals surface area contributed by atoms with E-state index in [1.807, 2.05) is 45.0 Å². The van der Waals surface area contributed by atoms with Gasteiger partial charge in [0.2, 0.25) is 0 Å². The van der Waals surface area contributed by atoms with Crippen molar-refractivity contribution in [3.05, 3.63) is 60.0 Å². The second-order valence-corrected chi connectivity index (χ2v) is 5.97. The molecule has 0 aliphatic carbocycles. The zero-order chi connectivity index (χ0) is 17.1. The fourth-order valence-corrected chi connectivity index (χ4v) is 2.49. The highest BCUT2D eigenvalue weighted by Crippen LogP contribution is 2.21. The molecule has 0 bridgehead atoms. The molecule has 5 nitrogen and oxygen atoms in total. The fourth-order valence-electron chi connectivity index (χ4n) is 2.49. The molecule has 5 heteroatoms. The summed E-state index contributed by atoms with van der Waals surface area (Å²) < 4.78 is 10.9. The average Bonchev–Trinajstić information content (AvgIpc) is 3.02. The molecule has 0 spiro atoms.